The third kappa shape index (κ3) is 2.81. The second kappa shape index (κ2) is 6.41. The van der Waals surface area contributed by atoms with E-state index in [1.807, 2.05) is 30.0 Å². The number of nitrogen functional groups attached to an aromatic ring is 1. The average Bonchev–Trinajstić information content (AvgIpc) is 2.50. The molecule has 0 radical (unpaired) electrons. The number of hydrogen-bond donors (Lipinski definition) is 1. The van der Waals surface area contributed by atoms with Crippen LogP contribution in [0.5, 0.6) is 0 Å². The topological polar surface area (TPSA) is 46.3 Å². The van der Waals surface area contributed by atoms with E-state index in [2.05, 4.69) is 25.1 Å². The summed E-state index contributed by atoms with van der Waals surface area (Å²) in [6.45, 7) is 4.80. The van der Waals surface area contributed by atoms with E-state index in [9.17, 15) is 4.79 Å². The van der Waals surface area contributed by atoms with Crippen molar-refractivity contribution < 1.29 is 4.79 Å². The SMILES string of the molecule is Cc1ccc(N)cc1C(=O)N1CCc2ccccc2C1C.Cl. The van der Waals surface area contributed by atoms with Crippen LogP contribution in [0.2, 0.25) is 0 Å². The Morgan fingerprint density at radius 1 is 1.23 bits per heavy atom. The molecular weight excluding hydrogens is 296 g/mol. The van der Waals surface area contributed by atoms with Gasteiger partial charge in [-0.15, -0.1) is 12.4 Å². The van der Waals surface area contributed by atoms with Gasteiger partial charge in [0.2, 0.25) is 0 Å². The summed E-state index contributed by atoms with van der Waals surface area (Å²) in [6, 6.07) is 14.0. The second-order valence-corrected chi connectivity index (χ2v) is 5.70. The van der Waals surface area contributed by atoms with E-state index in [4.69, 9.17) is 5.73 Å². The van der Waals surface area contributed by atoms with E-state index < -0.39 is 0 Å². The molecule has 1 aliphatic heterocycles. The van der Waals surface area contributed by atoms with E-state index in [1.54, 1.807) is 6.07 Å². The number of nitrogens with two attached hydrogens (primary N) is 1. The van der Waals surface area contributed by atoms with Crippen LogP contribution in [-0.2, 0) is 6.42 Å². The third-order valence-corrected chi connectivity index (χ3v) is 4.35. The van der Waals surface area contributed by atoms with Gasteiger partial charge >= 0.3 is 0 Å². The highest BCUT2D eigenvalue weighted by Crippen LogP contribution is 2.31. The van der Waals surface area contributed by atoms with Gasteiger partial charge in [-0.2, -0.15) is 0 Å². The van der Waals surface area contributed by atoms with E-state index >= 15 is 0 Å². The average molecular weight is 317 g/mol. The minimum absolute atomic E-state index is 0. The molecule has 2 N–H and O–H groups in total. The fourth-order valence-electron chi connectivity index (χ4n) is 3.07. The highest BCUT2D eigenvalue weighted by molar-refractivity contribution is 5.97. The normalized spacial score (nSPS) is 16.6. The summed E-state index contributed by atoms with van der Waals surface area (Å²) < 4.78 is 0. The lowest BCUT2D eigenvalue weighted by Crippen LogP contribution is -2.39. The Morgan fingerprint density at radius 2 is 1.95 bits per heavy atom. The first-order valence-corrected chi connectivity index (χ1v) is 7.33. The lowest BCUT2D eigenvalue weighted by atomic mass is 9.92. The van der Waals surface area contributed by atoms with E-state index in [-0.39, 0.29) is 24.4 Å². The maximum atomic E-state index is 12.9. The van der Waals surface area contributed by atoms with E-state index in [0.29, 0.717) is 11.3 Å². The number of carbonyl (C=O) groups excluding carboxylic acids is 1. The van der Waals surface area contributed by atoms with Gasteiger partial charge in [0.05, 0.1) is 6.04 Å². The summed E-state index contributed by atoms with van der Waals surface area (Å²) in [6.07, 6.45) is 0.910. The van der Waals surface area contributed by atoms with Crippen molar-refractivity contribution >= 4 is 24.0 Å². The number of anilines is 1. The smallest absolute Gasteiger partial charge is 0.254 e. The molecule has 1 atom stereocenters. The van der Waals surface area contributed by atoms with Crippen molar-refractivity contribution in [3.63, 3.8) is 0 Å². The first-order chi connectivity index (χ1) is 10.1. The van der Waals surface area contributed by atoms with Crippen LogP contribution in [0, 0.1) is 6.92 Å². The minimum atomic E-state index is 0. The first kappa shape index (κ1) is 16.4. The largest absolute Gasteiger partial charge is 0.399 e. The van der Waals surface area contributed by atoms with Crippen molar-refractivity contribution in [1.82, 2.24) is 4.90 Å². The number of nitrogens with zero attached hydrogens (tertiary/aromatic N) is 1. The van der Waals surface area contributed by atoms with Crippen LogP contribution in [0.4, 0.5) is 5.69 Å². The molecule has 1 amide bonds. The Hall–Kier alpha value is -2.00. The monoisotopic (exact) mass is 316 g/mol. The zero-order valence-electron chi connectivity index (χ0n) is 12.9. The van der Waals surface area contributed by atoms with Gasteiger partial charge in [0.15, 0.2) is 0 Å². The van der Waals surface area contributed by atoms with Gasteiger partial charge in [0, 0.05) is 17.8 Å². The predicted molar refractivity (Wildman–Crippen MR) is 92.4 cm³/mol. The Morgan fingerprint density at radius 3 is 2.73 bits per heavy atom. The summed E-state index contributed by atoms with van der Waals surface area (Å²) in [5, 5.41) is 0. The quantitative estimate of drug-likeness (QED) is 0.814. The zero-order chi connectivity index (χ0) is 15.0. The van der Waals surface area contributed by atoms with Crippen LogP contribution < -0.4 is 5.73 Å². The molecule has 1 aliphatic rings. The zero-order valence-corrected chi connectivity index (χ0v) is 13.7. The van der Waals surface area contributed by atoms with E-state index in [0.717, 1.165) is 18.5 Å². The maximum absolute atomic E-state index is 12.9. The summed E-state index contributed by atoms with van der Waals surface area (Å²) in [5.74, 6) is 0.0711. The van der Waals surface area contributed by atoms with Crippen LogP contribution in [0.1, 0.15) is 40.0 Å². The summed E-state index contributed by atoms with van der Waals surface area (Å²) >= 11 is 0. The van der Waals surface area contributed by atoms with Crippen molar-refractivity contribution in [2.24, 2.45) is 0 Å². The summed E-state index contributed by atoms with van der Waals surface area (Å²) in [7, 11) is 0. The van der Waals surface area contributed by atoms with Crippen LogP contribution in [0.15, 0.2) is 42.5 Å². The number of carbonyl (C=O) groups is 1. The van der Waals surface area contributed by atoms with Gasteiger partial charge in [-0.25, -0.2) is 0 Å². The molecule has 0 fully saturated rings. The number of fused-ring (bicyclic) bond motifs is 1. The number of aryl methyl sites for hydroxylation is 1. The molecule has 4 heteroatoms. The lowest BCUT2D eigenvalue weighted by Gasteiger charge is -2.35. The molecule has 2 aromatic carbocycles. The Balaban J connectivity index is 0.00000176. The molecule has 1 heterocycles. The fourth-order valence-corrected chi connectivity index (χ4v) is 3.07. The van der Waals surface area contributed by atoms with Crippen molar-refractivity contribution in [1.29, 1.82) is 0 Å². The predicted octanol–water partition coefficient (Wildman–Crippen LogP) is 3.76. The van der Waals surface area contributed by atoms with E-state index in [1.165, 1.54) is 11.1 Å². The molecule has 2 aromatic rings. The van der Waals surface area contributed by atoms with Gasteiger partial charge in [-0.3, -0.25) is 4.79 Å². The number of rotatable bonds is 1. The first-order valence-electron chi connectivity index (χ1n) is 7.33. The molecule has 116 valence electrons. The molecule has 0 saturated carbocycles. The molecule has 0 bridgehead atoms. The van der Waals surface area contributed by atoms with Gasteiger partial charge in [-0.1, -0.05) is 30.3 Å². The van der Waals surface area contributed by atoms with Crippen LogP contribution in [-0.4, -0.2) is 17.4 Å². The number of benzene rings is 2. The number of amides is 1. The highest BCUT2D eigenvalue weighted by atomic mass is 35.5. The molecule has 22 heavy (non-hydrogen) atoms. The number of hydrogen-bond acceptors (Lipinski definition) is 2. The second-order valence-electron chi connectivity index (χ2n) is 5.70. The van der Waals surface area contributed by atoms with Gasteiger partial charge in [0.25, 0.3) is 5.91 Å². The molecule has 0 spiro atoms. The van der Waals surface area contributed by atoms with Crippen LogP contribution in [0.25, 0.3) is 0 Å². The Labute approximate surface area is 137 Å². The van der Waals surface area contributed by atoms with Gasteiger partial charge in [0.1, 0.15) is 0 Å². The number of halogens is 1. The van der Waals surface area contributed by atoms with Crippen LogP contribution in [0.3, 0.4) is 0 Å². The molecule has 1 unspecified atom stereocenters. The highest BCUT2D eigenvalue weighted by Gasteiger charge is 2.28. The molecular formula is C18H21ClN2O. The fraction of sp³-hybridized carbons (Fsp3) is 0.278. The Kier molecular flexibility index (Phi) is 4.77. The van der Waals surface area contributed by atoms with Crippen molar-refractivity contribution in [2.45, 2.75) is 26.3 Å². The van der Waals surface area contributed by atoms with Crippen molar-refractivity contribution in [2.75, 3.05) is 12.3 Å². The van der Waals surface area contributed by atoms with Crippen molar-refractivity contribution in [3.8, 4) is 0 Å². The molecule has 0 saturated heterocycles. The van der Waals surface area contributed by atoms with Crippen LogP contribution >= 0.6 is 12.4 Å². The molecule has 0 aliphatic carbocycles. The minimum Gasteiger partial charge on any atom is -0.399 e. The molecule has 3 nitrogen and oxygen atoms in total. The lowest BCUT2D eigenvalue weighted by molar-refractivity contribution is 0.0677. The third-order valence-electron chi connectivity index (χ3n) is 4.35. The van der Waals surface area contributed by atoms with Gasteiger partial charge in [-0.05, 0) is 49.1 Å². The van der Waals surface area contributed by atoms with Gasteiger partial charge < -0.3 is 10.6 Å². The summed E-state index contributed by atoms with van der Waals surface area (Å²) in [4.78, 5) is 14.8. The standard InChI is InChI=1S/C18H20N2O.ClH/c1-12-7-8-15(19)11-17(12)18(21)20-10-9-14-5-3-4-6-16(14)13(20)2;/h3-8,11,13H,9-10,19H2,1-2H3;1H. The molecule has 3 rings (SSSR count). The Bertz CT molecular complexity index is 699. The molecule has 0 aromatic heterocycles. The van der Waals surface area contributed by atoms with Crippen molar-refractivity contribution in [3.05, 3.63) is 64.7 Å². The maximum Gasteiger partial charge on any atom is 0.254 e. The summed E-state index contributed by atoms with van der Waals surface area (Å²) in [5.41, 5.74) is 10.7.